The van der Waals surface area contributed by atoms with E-state index < -0.39 is 0 Å². The Kier molecular flexibility index (Phi) is 3.64. The van der Waals surface area contributed by atoms with Gasteiger partial charge in [-0.25, -0.2) is 0 Å². The zero-order valence-electron chi connectivity index (χ0n) is 8.02. The average molecular weight is 296 g/mol. The average Bonchev–Trinajstić information content (AvgIpc) is 2.23. The number of piperidine rings is 1. The van der Waals surface area contributed by atoms with E-state index in [9.17, 15) is 0 Å². The van der Waals surface area contributed by atoms with E-state index in [0.717, 1.165) is 31.8 Å². The summed E-state index contributed by atoms with van der Waals surface area (Å²) in [5.41, 5.74) is 0. The Labute approximate surface area is 97.9 Å². The third kappa shape index (κ3) is 2.85. The van der Waals surface area contributed by atoms with Crippen LogP contribution >= 0.6 is 0 Å². The fourth-order valence-electron chi connectivity index (χ4n) is 1.56. The molecular formula is C10H13N2OSn. The van der Waals surface area contributed by atoms with Gasteiger partial charge in [-0.1, -0.05) is 0 Å². The molecule has 1 aliphatic rings. The molecular weight excluding hydrogens is 283 g/mol. The summed E-state index contributed by atoms with van der Waals surface area (Å²) in [6.45, 7) is 2.33. The van der Waals surface area contributed by atoms with Gasteiger partial charge in [-0.2, -0.15) is 0 Å². The van der Waals surface area contributed by atoms with E-state index in [-0.39, 0.29) is 0 Å². The van der Waals surface area contributed by atoms with Crippen molar-refractivity contribution in [2.24, 2.45) is 0 Å². The van der Waals surface area contributed by atoms with Crippen molar-refractivity contribution in [3.63, 3.8) is 0 Å². The summed E-state index contributed by atoms with van der Waals surface area (Å²) >= 11 is 1.52. The predicted molar refractivity (Wildman–Crippen MR) is 55.2 cm³/mol. The number of nitrogens with zero attached hydrogens (tertiary/aromatic N) is 2. The van der Waals surface area contributed by atoms with Gasteiger partial charge in [-0.3, -0.25) is 0 Å². The number of hydrogen-bond donors (Lipinski definition) is 0. The predicted octanol–water partition coefficient (Wildman–Crippen LogP) is 1.01. The van der Waals surface area contributed by atoms with Gasteiger partial charge in [0, 0.05) is 0 Å². The Morgan fingerprint density at radius 1 is 1.36 bits per heavy atom. The molecule has 0 bridgehead atoms. The second-order valence-corrected chi connectivity index (χ2v) is 5.28. The first-order valence-electron chi connectivity index (χ1n) is 4.88. The fraction of sp³-hybridized carbons (Fsp3) is 0.500. The number of ether oxygens (including phenoxy) is 1. The van der Waals surface area contributed by atoms with Crippen molar-refractivity contribution in [3.05, 3.63) is 24.4 Å². The molecule has 1 aliphatic heterocycles. The third-order valence-corrected chi connectivity index (χ3v) is 3.64. The van der Waals surface area contributed by atoms with Crippen molar-refractivity contribution in [3.8, 4) is 5.88 Å². The standard InChI is InChI=1S/C10H13N2O.Sn/c1-2-6-12-10(3-1)13-9-4-7-11-8-5-9;/h1-3,6,9H,4-5,7-8H2;/q-1;+1. The van der Waals surface area contributed by atoms with Crippen LogP contribution in [0, 0.1) is 0 Å². The summed E-state index contributed by atoms with van der Waals surface area (Å²) < 4.78 is 8.20. The number of aromatic nitrogens is 1. The zero-order valence-corrected chi connectivity index (χ0v) is 10.9. The third-order valence-electron chi connectivity index (χ3n) is 2.37. The molecule has 1 saturated heterocycles. The minimum absolute atomic E-state index is 0.363. The second kappa shape index (κ2) is 4.98. The van der Waals surface area contributed by atoms with Crippen LogP contribution in [0.25, 0.3) is 0 Å². The molecule has 0 N–H and O–H groups in total. The Bertz CT molecular complexity index is 273. The van der Waals surface area contributed by atoms with Gasteiger partial charge in [0.25, 0.3) is 0 Å². The molecule has 2 rings (SSSR count). The first-order valence-corrected chi connectivity index (χ1v) is 6.16. The van der Waals surface area contributed by atoms with Crippen LogP contribution < -0.4 is 4.74 Å². The molecule has 1 aromatic rings. The number of pyridine rings is 1. The van der Waals surface area contributed by atoms with E-state index in [0.29, 0.717) is 6.10 Å². The quantitative estimate of drug-likeness (QED) is 0.762. The number of rotatable bonds is 2. The maximum absolute atomic E-state index is 5.78. The van der Waals surface area contributed by atoms with Crippen LogP contribution in [0.4, 0.5) is 0 Å². The molecule has 73 valence electrons. The normalized spacial score (nSPS) is 19.5. The summed E-state index contributed by atoms with van der Waals surface area (Å²) in [4.78, 5) is 4.16. The van der Waals surface area contributed by atoms with Gasteiger partial charge in [0.05, 0.1) is 0 Å². The van der Waals surface area contributed by atoms with Crippen LogP contribution in [0.15, 0.2) is 24.4 Å². The summed E-state index contributed by atoms with van der Waals surface area (Å²) in [7, 11) is 0. The molecule has 0 saturated carbocycles. The van der Waals surface area contributed by atoms with Gasteiger partial charge >= 0.3 is 98.0 Å². The van der Waals surface area contributed by atoms with Crippen LogP contribution in [-0.2, 0) is 0 Å². The van der Waals surface area contributed by atoms with E-state index >= 15 is 0 Å². The Morgan fingerprint density at radius 2 is 2.14 bits per heavy atom. The fourth-order valence-corrected chi connectivity index (χ4v) is 2.30. The molecule has 4 heteroatoms. The first kappa shape index (κ1) is 10.2. The van der Waals surface area contributed by atoms with E-state index in [1.165, 1.54) is 22.8 Å². The van der Waals surface area contributed by atoms with Crippen LogP contribution in [0.5, 0.6) is 5.88 Å². The molecule has 2 heterocycles. The van der Waals surface area contributed by atoms with Crippen molar-refractivity contribution in [2.75, 3.05) is 13.1 Å². The van der Waals surface area contributed by atoms with E-state index in [2.05, 4.69) is 8.11 Å². The summed E-state index contributed by atoms with van der Waals surface area (Å²) in [5, 5.41) is 0. The van der Waals surface area contributed by atoms with Crippen molar-refractivity contribution in [1.82, 2.24) is 8.11 Å². The Morgan fingerprint density at radius 3 is 2.79 bits per heavy atom. The molecule has 0 atom stereocenters. The zero-order chi connectivity index (χ0) is 9.80. The SMILES string of the molecule is [Sn][N]1CCC(Oc2ccccn2)CC1. The molecule has 0 spiro atoms. The van der Waals surface area contributed by atoms with Crippen LogP contribution in [0.1, 0.15) is 12.8 Å². The van der Waals surface area contributed by atoms with Crippen molar-refractivity contribution >= 4 is 22.8 Å². The van der Waals surface area contributed by atoms with E-state index in [1.54, 1.807) is 6.20 Å². The summed E-state index contributed by atoms with van der Waals surface area (Å²) in [6.07, 6.45) is 4.39. The van der Waals surface area contributed by atoms with Crippen molar-refractivity contribution in [2.45, 2.75) is 18.9 Å². The van der Waals surface area contributed by atoms with Gasteiger partial charge in [0.1, 0.15) is 0 Å². The number of hydrogen-bond acceptors (Lipinski definition) is 3. The topological polar surface area (TPSA) is 25.4 Å². The molecule has 1 fully saturated rings. The summed E-state index contributed by atoms with van der Waals surface area (Å²) in [6, 6.07) is 5.79. The van der Waals surface area contributed by atoms with Crippen molar-refractivity contribution in [1.29, 1.82) is 0 Å². The van der Waals surface area contributed by atoms with Crippen LogP contribution in [0.3, 0.4) is 0 Å². The Balaban J connectivity index is 1.87. The van der Waals surface area contributed by atoms with Gasteiger partial charge < -0.3 is 0 Å². The molecule has 0 aliphatic carbocycles. The van der Waals surface area contributed by atoms with E-state index in [4.69, 9.17) is 4.74 Å². The molecule has 3 nitrogen and oxygen atoms in total. The van der Waals surface area contributed by atoms with Crippen molar-refractivity contribution < 1.29 is 4.74 Å². The monoisotopic (exact) mass is 297 g/mol. The van der Waals surface area contributed by atoms with E-state index in [1.807, 2.05) is 18.2 Å². The second-order valence-electron chi connectivity index (χ2n) is 3.47. The van der Waals surface area contributed by atoms with Crippen LogP contribution in [0.2, 0.25) is 0 Å². The Hall–Kier alpha value is -0.291. The molecule has 1 aromatic heterocycles. The summed E-state index contributed by atoms with van der Waals surface area (Å²) in [5.74, 6) is 0.759. The molecule has 3 radical (unpaired) electrons. The molecule has 0 amide bonds. The molecule has 0 aromatic carbocycles. The molecule has 14 heavy (non-hydrogen) atoms. The van der Waals surface area contributed by atoms with Crippen LogP contribution in [-0.4, -0.2) is 50.1 Å². The first-order chi connectivity index (χ1) is 6.84. The minimum atomic E-state index is 0.363. The van der Waals surface area contributed by atoms with Gasteiger partial charge in [0.15, 0.2) is 0 Å². The van der Waals surface area contributed by atoms with Gasteiger partial charge in [-0.05, 0) is 0 Å². The maximum atomic E-state index is 5.78. The van der Waals surface area contributed by atoms with Gasteiger partial charge in [0.2, 0.25) is 0 Å². The molecule has 0 unspecified atom stereocenters. The van der Waals surface area contributed by atoms with Gasteiger partial charge in [-0.15, -0.1) is 0 Å².